The van der Waals surface area contributed by atoms with Crippen LogP contribution in [-0.2, 0) is 23.2 Å². The first-order chi connectivity index (χ1) is 13.8. The van der Waals surface area contributed by atoms with Crippen LogP contribution in [0.5, 0.6) is 5.75 Å². The van der Waals surface area contributed by atoms with Gasteiger partial charge >= 0.3 is 0 Å². The van der Waals surface area contributed by atoms with Gasteiger partial charge < -0.3 is 10.1 Å². The molecule has 0 aliphatic carbocycles. The minimum Gasteiger partial charge on any atom is -0.489 e. The van der Waals surface area contributed by atoms with E-state index in [1.807, 2.05) is 30.3 Å². The van der Waals surface area contributed by atoms with Gasteiger partial charge in [0.2, 0.25) is 0 Å². The third-order valence-electron chi connectivity index (χ3n) is 4.76. The van der Waals surface area contributed by atoms with Gasteiger partial charge in [0.25, 0.3) is 5.91 Å². The fourth-order valence-electron chi connectivity index (χ4n) is 3.10. The Hall–Kier alpha value is -2.11. The molecule has 0 bridgehead atoms. The van der Waals surface area contributed by atoms with Crippen molar-refractivity contribution in [1.29, 1.82) is 0 Å². The maximum Gasteiger partial charge on any atom is 0.263 e. The van der Waals surface area contributed by atoms with E-state index in [-0.39, 0.29) is 11.3 Å². The maximum absolute atomic E-state index is 11.8. The van der Waals surface area contributed by atoms with Crippen LogP contribution in [0, 0.1) is 0 Å². The second-order valence-electron chi connectivity index (χ2n) is 8.20. The van der Waals surface area contributed by atoms with Crippen molar-refractivity contribution in [3.63, 3.8) is 0 Å². The maximum atomic E-state index is 11.8. The van der Waals surface area contributed by atoms with Gasteiger partial charge in [-0.05, 0) is 46.2 Å². The van der Waals surface area contributed by atoms with E-state index in [9.17, 15) is 4.79 Å². The lowest BCUT2D eigenvalue weighted by molar-refractivity contribution is -0.115. The molecule has 1 aliphatic heterocycles. The lowest BCUT2D eigenvalue weighted by Gasteiger charge is -2.21. The van der Waals surface area contributed by atoms with E-state index in [2.05, 4.69) is 51.2 Å². The summed E-state index contributed by atoms with van der Waals surface area (Å²) in [5.41, 5.74) is 4.79. The van der Waals surface area contributed by atoms with Crippen LogP contribution in [0.1, 0.15) is 56.4 Å². The molecular weight excluding hydrogens is 398 g/mol. The van der Waals surface area contributed by atoms with Crippen LogP contribution in [0.25, 0.3) is 6.08 Å². The van der Waals surface area contributed by atoms with E-state index < -0.39 is 0 Å². The molecular formula is C24H27NO2S2. The normalized spacial score (nSPS) is 15.7. The molecule has 1 heterocycles. The molecule has 29 heavy (non-hydrogen) atoms. The van der Waals surface area contributed by atoms with Crippen LogP contribution in [-0.4, -0.2) is 10.2 Å². The first-order valence-electron chi connectivity index (χ1n) is 9.86. The van der Waals surface area contributed by atoms with Gasteiger partial charge in [-0.1, -0.05) is 94.5 Å². The van der Waals surface area contributed by atoms with Crippen molar-refractivity contribution >= 4 is 40.3 Å². The van der Waals surface area contributed by atoms with Crippen LogP contribution in [0.3, 0.4) is 0 Å². The number of aryl methyl sites for hydroxylation is 1. The second-order valence-corrected chi connectivity index (χ2v) is 9.92. The molecule has 0 radical (unpaired) electrons. The number of carbonyl (C=O) groups is 1. The summed E-state index contributed by atoms with van der Waals surface area (Å²) in [7, 11) is 0. The number of amides is 1. The smallest absolute Gasteiger partial charge is 0.263 e. The minimum atomic E-state index is -0.130. The van der Waals surface area contributed by atoms with Crippen molar-refractivity contribution in [2.24, 2.45) is 0 Å². The number of thioether (sulfide) groups is 1. The Morgan fingerprint density at radius 2 is 1.86 bits per heavy atom. The number of nitrogens with one attached hydrogen (secondary N) is 1. The average molecular weight is 426 g/mol. The lowest BCUT2D eigenvalue weighted by Crippen LogP contribution is -2.17. The number of carbonyl (C=O) groups excluding carboxylic acids is 1. The largest absolute Gasteiger partial charge is 0.489 e. The predicted octanol–water partition coefficient (Wildman–Crippen LogP) is 6.00. The summed E-state index contributed by atoms with van der Waals surface area (Å²) in [6.45, 7) is 9.40. The lowest BCUT2D eigenvalue weighted by atomic mass is 9.85. The molecule has 2 aromatic carbocycles. The van der Waals surface area contributed by atoms with Gasteiger partial charge in [-0.3, -0.25) is 4.79 Å². The van der Waals surface area contributed by atoms with Crippen LogP contribution < -0.4 is 10.1 Å². The molecule has 3 rings (SSSR count). The van der Waals surface area contributed by atoms with E-state index in [0.29, 0.717) is 15.8 Å². The fourth-order valence-corrected chi connectivity index (χ4v) is 4.14. The first-order valence-corrected chi connectivity index (χ1v) is 11.1. The monoisotopic (exact) mass is 425 g/mol. The van der Waals surface area contributed by atoms with Crippen molar-refractivity contribution in [1.82, 2.24) is 5.32 Å². The first kappa shape index (κ1) is 21.6. The number of thiocarbonyl (C=S) groups is 1. The Labute approximate surface area is 182 Å². The zero-order valence-corrected chi connectivity index (χ0v) is 19.0. The van der Waals surface area contributed by atoms with Gasteiger partial charge in [0.05, 0.1) is 4.91 Å². The summed E-state index contributed by atoms with van der Waals surface area (Å²) >= 11 is 6.32. The predicted molar refractivity (Wildman–Crippen MR) is 126 cm³/mol. The standard InChI is InChI=1S/C24H27NO2S2/c1-5-6-18-14-19(24(2,3)4)11-12-20(18)27-15-17-9-7-16(8-10-17)13-21-22(26)25-23(28)29-21/h7-14H,5-6,15H2,1-4H3,(H,25,26,28). The summed E-state index contributed by atoms with van der Waals surface area (Å²) in [6, 6.07) is 14.6. The molecule has 152 valence electrons. The third kappa shape index (κ3) is 5.71. The zero-order chi connectivity index (χ0) is 21.0. The topological polar surface area (TPSA) is 38.3 Å². The zero-order valence-electron chi connectivity index (χ0n) is 17.4. The van der Waals surface area contributed by atoms with E-state index in [4.69, 9.17) is 17.0 Å². The number of hydrogen-bond acceptors (Lipinski definition) is 4. The van der Waals surface area contributed by atoms with Crippen molar-refractivity contribution in [3.05, 3.63) is 69.6 Å². The Balaban J connectivity index is 1.69. The van der Waals surface area contributed by atoms with Gasteiger partial charge in [-0.25, -0.2) is 0 Å². The summed E-state index contributed by atoms with van der Waals surface area (Å²) < 4.78 is 6.65. The molecule has 0 saturated carbocycles. The molecule has 3 nitrogen and oxygen atoms in total. The van der Waals surface area contributed by atoms with Crippen molar-refractivity contribution in [3.8, 4) is 5.75 Å². The summed E-state index contributed by atoms with van der Waals surface area (Å²) in [5.74, 6) is 0.827. The van der Waals surface area contributed by atoms with Crippen LogP contribution in [0.4, 0.5) is 0 Å². The van der Waals surface area contributed by atoms with E-state index >= 15 is 0 Å². The Kier molecular flexibility index (Phi) is 6.81. The number of benzene rings is 2. The molecule has 1 aliphatic rings. The van der Waals surface area contributed by atoms with E-state index in [0.717, 1.165) is 29.7 Å². The average Bonchev–Trinajstić information content (AvgIpc) is 2.98. The van der Waals surface area contributed by atoms with E-state index in [1.165, 1.54) is 22.9 Å². The van der Waals surface area contributed by atoms with E-state index in [1.54, 1.807) is 0 Å². The molecule has 1 N–H and O–H groups in total. The summed E-state index contributed by atoms with van der Waals surface area (Å²) in [6.07, 6.45) is 3.95. The molecule has 0 unspecified atom stereocenters. The highest BCUT2D eigenvalue weighted by Crippen LogP contribution is 2.30. The molecule has 2 aromatic rings. The number of hydrogen-bond donors (Lipinski definition) is 1. The summed E-state index contributed by atoms with van der Waals surface area (Å²) in [4.78, 5) is 12.4. The van der Waals surface area contributed by atoms with Gasteiger partial charge in [0, 0.05) is 0 Å². The Bertz CT molecular complexity index is 940. The minimum absolute atomic E-state index is 0.129. The molecule has 1 saturated heterocycles. The molecule has 1 fully saturated rings. The van der Waals surface area contributed by atoms with Crippen LogP contribution >= 0.6 is 24.0 Å². The van der Waals surface area contributed by atoms with Crippen LogP contribution in [0.2, 0.25) is 0 Å². The van der Waals surface area contributed by atoms with Gasteiger partial charge in [0.15, 0.2) is 0 Å². The molecule has 0 aromatic heterocycles. The molecule has 0 atom stereocenters. The SMILES string of the molecule is CCCc1cc(C(C)(C)C)ccc1OCc1ccc(C=C2SC(=S)NC2=O)cc1. The number of ether oxygens (including phenoxy) is 1. The van der Waals surface area contributed by atoms with Crippen LogP contribution in [0.15, 0.2) is 47.4 Å². The van der Waals surface area contributed by atoms with Crippen molar-refractivity contribution in [2.45, 2.75) is 52.6 Å². The highest BCUT2D eigenvalue weighted by molar-refractivity contribution is 8.26. The van der Waals surface area contributed by atoms with Gasteiger partial charge in [-0.2, -0.15) is 0 Å². The second kappa shape index (κ2) is 9.14. The van der Waals surface area contributed by atoms with Gasteiger partial charge in [0.1, 0.15) is 16.7 Å². The quantitative estimate of drug-likeness (QED) is 0.455. The Morgan fingerprint density at radius 1 is 1.14 bits per heavy atom. The molecule has 5 heteroatoms. The third-order valence-corrected chi connectivity index (χ3v) is 5.92. The Morgan fingerprint density at radius 3 is 2.45 bits per heavy atom. The summed E-state index contributed by atoms with van der Waals surface area (Å²) in [5, 5.41) is 2.63. The molecule has 1 amide bonds. The highest BCUT2D eigenvalue weighted by Gasteiger charge is 2.21. The van der Waals surface area contributed by atoms with Gasteiger partial charge in [-0.15, -0.1) is 0 Å². The number of rotatable bonds is 6. The van der Waals surface area contributed by atoms with Crippen molar-refractivity contribution < 1.29 is 9.53 Å². The fraction of sp³-hybridized carbons (Fsp3) is 0.333. The highest BCUT2D eigenvalue weighted by atomic mass is 32.2. The van der Waals surface area contributed by atoms with Crippen molar-refractivity contribution in [2.75, 3.05) is 0 Å². The molecule has 0 spiro atoms.